The van der Waals surface area contributed by atoms with Crippen molar-refractivity contribution in [3.8, 4) is 16.9 Å². The molecule has 3 aromatic heterocycles. The van der Waals surface area contributed by atoms with Crippen LogP contribution in [0.3, 0.4) is 0 Å². The summed E-state index contributed by atoms with van der Waals surface area (Å²) >= 11 is 2.95. The molecule has 4 heterocycles. The van der Waals surface area contributed by atoms with Crippen molar-refractivity contribution in [1.82, 2.24) is 34.5 Å². The molecular weight excluding hydrogens is 651 g/mol. The molecule has 1 amide bonds. The van der Waals surface area contributed by atoms with Crippen molar-refractivity contribution in [3.05, 3.63) is 97.1 Å². The van der Waals surface area contributed by atoms with Gasteiger partial charge < -0.3 is 4.90 Å². The van der Waals surface area contributed by atoms with Crippen molar-refractivity contribution in [2.45, 2.75) is 64.7 Å². The quantitative estimate of drug-likeness (QED) is 0.235. The number of hydrogen-bond donors (Lipinski definition) is 1. The fourth-order valence-electron chi connectivity index (χ4n) is 6.41. The second kappa shape index (κ2) is 11.0. The number of rotatable bonds is 5. The third kappa shape index (κ3) is 5.06. The van der Waals surface area contributed by atoms with Crippen LogP contribution >= 0.6 is 15.9 Å². The van der Waals surface area contributed by atoms with E-state index in [1.54, 1.807) is 22.2 Å². The average Bonchev–Trinajstić information content (AvgIpc) is 3.61. The molecule has 13 heteroatoms. The number of carbonyl (C=O) groups excluding carboxylic acids is 1. The lowest BCUT2D eigenvalue weighted by Crippen LogP contribution is -2.46. The molecule has 2 aromatic carbocycles. The third-order valence-electron chi connectivity index (χ3n) is 9.08. The Morgan fingerprint density at radius 1 is 1.11 bits per heavy atom. The summed E-state index contributed by atoms with van der Waals surface area (Å²) in [5, 5.41) is 15.7. The van der Waals surface area contributed by atoms with Gasteiger partial charge in [0.25, 0.3) is 11.5 Å². The molecule has 7 rings (SSSR count). The van der Waals surface area contributed by atoms with E-state index < -0.39 is 23.7 Å². The minimum Gasteiger partial charge on any atom is -0.330 e. The maximum atomic E-state index is 14.4. The number of alkyl halides is 3. The summed E-state index contributed by atoms with van der Waals surface area (Å²) in [4.78, 5) is 29.6. The van der Waals surface area contributed by atoms with Crippen LogP contribution in [0.2, 0.25) is 0 Å². The molecular formula is C32H29BrF3N7O2. The molecule has 0 saturated heterocycles. The SMILES string of the molecule is Cc1n[nH]nc1-c1ccc(-n2c(=O)c3c(n4ncc(CC5CCC5)c24)CN(C(=O)c2ccc(Br)c(C(F)(F)F)c2)[C@@H](C)C3)cc1. The van der Waals surface area contributed by atoms with Gasteiger partial charge >= 0.3 is 6.18 Å². The van der Waals surface area contributed by atoms with Crippen LogP contribution in [-0.2, 0) is 25.6 Å². The van der Waals surface area contributed by atoms with E-state index >= 15 is 0 Å². The number of fused-ring (bicyclic) bond motifs is 3. The largest absolute Gasteiger partial charge is 0.417 e. The standard InChI is InChI=1S/C32H29BrF3N7O2/c1-17-12-24-27(16-41(17)30(44)21-8-11-26(33)25(14-21)32(34,35)36)43-29(22(15-37-43)13-19-4-3-5-19)42(31(24)45)23-9-6-20(7-10-23)28-18(2)38-40-39-28/h6-11,14-15,17,19H,3-5,12-13,16H2,1-2H3,(H,38,39,40)/t17-/m0/s1. The van der Waals surface area contributed by atoms with Gasteiger partial charge in [0.15, 0.2) is 0 Å². The Kier molecular flexibility index (Phi) is 7.18. The molecule has 9 nitrogen and oxygen atoms in total. The molecule has 232 valence electrons. The summed E-state index contributed by atoms with van der Waals surface area (Å²) in [6, 6.07) is 10.6. The summed E-state index contributed by atoms with van der Waals surface area (Å²) < 4.78 is 44.2. The van der Waals surface area contributed by atoms with Gasteiger partial charge in [-0.3, -0.25) is 14.2 Å². The van der Waals surface area contributed by atoms with Crippen LogP contribution in [0, 0.1) is 12.8 Å². The van der Waals surface area contributed by atoms with Gasteiger partial charge in [-0.1, -0.05) is 47.3 Å². The Morgan fingerprint density at radius 3 is 2.51 bits per heavy atom. The van der Waals surface area contributed by atoms with E-state index in [4.69, 9.17) is 5.10 Å². The van der Waals surface area contributed by atoms with Gasteiger partial charge in [0, 0.05) is 32.8 Å². The zero-order valence-electron chi connectivity index (χ0n) is 24.5. The van der Waals surface area contributed by atoms with Crippen molar-refractivity contribution in [2.24, 2.45) is 5.92 Å². The number of nitrogens with zero attached hydrogens (tertiary/aromatic N) is 6. The Bertz CT molecular complexity index is 2010. The fraction of sp³-hybridized carbons (Fsp3) is 0.344. The van der Waals surface area contributed by atoms with E-state index in [0.717, 1.165) is 47.8 Å². The predicted octanol–water partition coefficient (Wildman–Crippen LogP) is 6.29. The molecule has 1 saturated carbocycles. The van der Waals surface area contributed by atoms with Gasteiger partial charge in [-0.05, 0) is 62.9 Å². The minimum absolute atomic E-state index is 0.0360. The number of halogens is 4. The van der Waals surface area contributed by atoms with Crippen LogP contribution in [0.5, 0.6) is 0 Å². The Hall–Kier alpha value is -4.26. The first-order valence-corrected chi connectivity index (χ1v) is 15.6. The van der Waals surface area contributed by atoms with Gasteiger partial charge in [-0.2, -0.15) is 33.7 Å². The van der Waals surface area contributed by atoms with Crippen molar-refractivity contribution in [3.63, 3.8) is 0 Å². The van der Waals surface area contributed by atoms with E-state index in [2.05, 4.69) is 31.3 Å². The van der Waals surface area contributed by atoms with Gasteiger partial charge in [-0.25, -0.2) is 4.52 Å². The normalized spacial score (nSPS) is 17.0. The molecule has 2 aliphatic rings. The zero-order chi connectivity index (χ0) is 31.6. The van der Waals surface area contributed by atoms with Gasteiger partial charge in [0.05, 0.1) is 35.4 Å². The highest BCUT2D eigenvalue weighted by Crippen LogP contribution is 2.37. The van der Waals surface area contributed by atoms with Gasteiger partial charge in [0.2, 0.25) is 0 Å². The first-order valence-electron chi connectivity index (χ1n) is 14.8. The maximum absolute atomic E-state index is 14.4. The highest BCUT2D eigenvalue weighted by Gasteiger charge is 2.36. The monoisotopic (exact) mass is 679 g/mol. The van der Waals surface area contributed by atoms with Crippen LogP contribution in [0.25, 0.3) is 22.6 Å². The first kappa shape index (κ1) is 29.5. The van der Waals surface area contributed by atoms with Crippen LogP contribution < -0.4 is 5.56 Å². The molecule has 0 unspecified atom stereocenters. The number of carbonyl (C=O) groups is 1. The number of aryl methyl sites for hydroxylation is 1. The molecule has 45 heavy (non-hydrogen) atoms. The lowest BCUT2D eigenvalue weighted by atomic mass is 9.81. The number of H-pyrrole nitrogens is 1. The Morgan fingerprint density at radius 2 is 1.87 bits per heavy atom. The molecule has 5 aromatic rings. The van der Waals surface area contributed by atoms with Crippen molar-refractivity contribution < 1.29 is 18.0 Å². The van der Waals surface area contributed by atoms with E-state index in [1.165, 1.54) is 23.5 Å². The van der Waals surface area contributed by atoms with Crippen LogP contribution in [0.1, 0.15) is 64.6 Å². The van der Waals surface area contributed by atoms with Crippen LogP contribution in [0.4, 0.5) is 13.2 Å². The topological polar surface area (TPSA) is 101 Å². The molecule has 1 fully saturated rings. The number of amides is 1. The Balaban J connectivity index is 1.33. The van der Waals surface area contributed by atoms with Crippen molar-refractivity contribution in [1.29, 1.82) is 0 Å². The number of hydrogen-bond acceptors (Lipinski definition) is 5. The summed E-state index contributed by atoms with van der Waals surface area (Å²) in [7, 11) is 0. The molecule has 0 spiro atoms. The van der Waals surface area contributed by atoms with E-state index in [-0.39, 0.29) is 28.6 Å². The molecule has 1 atom stereocenters. The molecule has 1 aliphatic carbocycles. The first-order chi connectivity index (χ1) is 21.5. The molecule has 1 aliphatic heterocycles. The fourth-order valence-corrected chi connectivity index (χ4v) is 6.89. The van der Waals surface area contributed by atoms with Crippen molar-refractivity contribution >= 4 is 27.5 Å². The third-order valence-corrected chi connectivity index (χ3v) is 9.77. The summed E-state index contributed by atoms with van der Waals surface area (Å²) in [6.07, 6.45) is 1.59. The molecule has 0 radical (unpaired) electrons. The minimum atomic E-state index is -4.62. The number of nitrogens with one attached hydrogen (secondary N) is 1. The van der Waals surface area contributed by atoms with Gasteiger partial charge in [0.1, 0.15) is 11.3 Å². The van der Waals surface area contributed by atoms with Crippen LogP contribution in [0.15, 0.2) is 57.9 Å². The molecule has 0 bridgehead atoms. The predicted molar refractivity (Wildman–Crippen MR) is 164 cm³/mol. The lowest BCUT2D eigenvalue weighted by molar-refractivity contribution is -0.138. The second-order valence-electron chi connectivity index (χ2n) is 12.0. The number of aromatic amines is 1. The highest BCUT2D eigenvalue weighted by atomic mass is 79.9. The average molecular weight is 681 g/mol. The zero-order valence-corrected chi connectivity index (χ0v) is 26.1. The second-order valence-corrected chi connectivity index (χ2v) is 12.8. The summed E-state index contributed by atoms with van der Waals surface area (Å²) in [5.74, 6) is -0.0301. The van der Waals surface area contributed by atoms with E-state index in [9.17, 15) is 22.8 Å². The van der Waals surface area contributed by atoms with Gasteiger partial charge in [-0.15, -0.1) is 0 Å². The lowest BCUT2D eigenvalue weighted by Gasteiger charge is -2.35. The van der Waals surface area contributed by atoms with E-state index in [0.29, 0.717) is 28.5 Å². The van der Waals surface area contributed by atoms with E-state index in [1.807, 2.05) is 31.2 Å². The van der Waals surface area contributed by atoms with Crippen molar-refractivity contribution in [2.75, 3.05) is 0 Å². The summed E-state index contributed by atoms with van der Waals surface area (Å²) in [6.45, 7) is 3.71. The molecule has 1 N–H and O–H groups in total. The number of benzene rings is 2. The maximum Gasteiger partial charge on any atom is 0.417 e. The van der Waals surface area contributed by atoms with Crippen LogP contribution in [-0.4, -0.2) is 46.4 Å². The number of aromatic nitrogens is 6. The highest BCUT2D eigenvalue weighted by molar-refractivity contribution is 9.10. The summed E-state index contributed by atoms with van der Waals surface area (Å²) in [5.41, 5.74) is 4.53. The smallest absolute Gasteiger partial charge is 0.330 e. The Labute approximate surface area is 264 Å².